The van der Waals surface area contributed by atoms with Crippen LogP contribution in [0.25, 0.3) is 0 Å². The zero-order chi connectivity index (χ0) is 11.7. The molecule has 0 aromatic carbocycles. The molecular formula is C11H23NO3. The van der Waals surface area contributed by atoms with Crippen molar-refractivity contribution in [3.63, 3.8) is 0 Å². The van der Waals surface area contributed by atoms with E-state index in [4.69, 9.17) is 9.84 Å². The van der Waals surface area contributed by atoms with Gasteiger partial charge in [-0.15, -0.1) is 0 Å². The van der Waals surface area contributed by atoms with Crippen LogP contribution >= 0.6 is 0 Å². The molecule has 0 saturated carbocycles. The number of hydrogen-bond donors (Lipinski definition) is 2. The molecule has 0 radical (unpaired) electrons. The predicted octanol–water partition coefficient (Wildman–Crippen LogP) is 0.936. The lowest BCUT2D eigenvalue weighted by molar-refractivity contribution is -0.145. The second-order valence-electron chi connectivity index (χ2n) is 3.67. The van der Waals surface area contributed by atoms with Crippen molar-refractivity contribution < 1.29 is 14.6 Å². The Hall–Kier alpha value is -0.610. The Balaban J connectivity index is 3.76. The van der Waals surface area contributed by atoms with Crippen molar-refractivity contribution >= 4 is 5.97 Å². The molecule has 0 bridgehead atoms. The maximum absolute atomic E-state index is 11.3. The van der Waals surface area contributed by atoms with E-state index in [0.29, 0.717) is 12.5 Å². The molecule has 0 rings (SSSR count). The summed E-state index contributed by atoms with van der Waals surface area (Å²) in [5.74, 6) is 0.211. The molecule has 0 spiro atoms. The van der Waals surface area contributed by atoms with E-state index in [1.165, 1.54) is 0 Å². The van der Waals surface area contributed by atoms with Crippen LogP contribution in [0.1, 0.15) is 33.6 Å². The van der Waals surface area contributed by atoms with Crippen molar-refractivity contribution in [3.8, 4) is 0 Å². The van der Waals surface area contributed by atoms with Crippen molar-refractivity contribution in [2.45, 2.75) is 39.7 Å². The van der Waals surface area contributed by atoms with E-state index < -0.39 is 0 Å². The van der Waals surface area contributed by atoms with Gasteiger partial charge in [-0.25, -0.2) is 0 Å². The molecule has 90 valence electrons. The lowest BCUT2D eigenvalue weighted by Crippen LogP contribution is -2.38. The minimum absolute atomic E-state index is 0.202. The van der Waals surface area contributed by atoms with Gasteiger partial charge in [-0.3, -0.25) is 4.79 Å². The predicted molar refractivity (Wildman–Crippen MR) is 59.6 cm³/mol. The fourth-order valence-electron chi connectivity index (χ4n) is 1.33. The molecule has 0 aliphatic rings. The van der Waals surface area contributed by atoms with Crippen LogP contribution in [0.3, 0.4) is 0 Å². The monoisotopic (exact) mass is 217 g/mol. The molecule has 2 N–H and O–H groups in total. The highest BCUT2D eigenvalue weighted by molar-refractivity contribution is 5.75. The Morgan fingerprint density at radius 1 is 1.47 bits per heavy atom. The average Bonchev–Trinajstić information content (AvgIpc) is 2.24. The summed E-state index contributed by atoms with van der Waals surface area (Å²) in [5.41, 5.74) is 0. The standard InChI is InChI=1S/C11H23NO3/c1-4-10(6-7-13)8-12-9(3)11(14)15-5-2/h9-10,12-13H,4-8H2,1-3H3. The fourth-order valence-corrected chi connectivity index (χ4v) is 1.33. The Labute approximate surface area is 92.0 Å². The first-order chi connectivity index (χ1) is 7.15. The highest BCUT2D eigenvalue weighted by Gasteiger charge is 2.14. The molecule has 0 fully saturated rings. The maximum Gasteiger partial charge on any atom is 0.322 e. The molecule has 4 heteroatoms. The van der Waals surface area contributed by atoms with Crippen LogP contribution in [0.5, 0.6) is 0 Å². The zero-order valence-electron chi connectivity index (χ0n) is 9.95. The van der Waals surface area contributed by atoms with Gasteiger partial charge in [0.2, 0.25) is 0 Å². The average molecular weight is 217 g/mol. The molecule has 0 aliphatic carbocycles. The van der Waals surface area contributed by atoms with Crippen LogP contribution in [0.2, 0.25) is 0 Å². The van der Waals surface area contributed by atoms with Crippen molar-refractivity contribution in [2.24, 2.45) is 5.92 Å². The van der Waals surface area contributed by atoms with Crippen LogP contribution in [-0.4, -0.2) is 36.9 Å². The van der Waals surface area contributed by atoms with E-state index in [1.54, 1.807) is 13.8 Å². The van der Waals surface area contributed by atoms with Gasteiger partial charge in [0.25, 0.3) is 0 Å². The molecule has 2 unspecified atom stereocenters. The van der Waals surface area contributed by atoms with Crippen LogP contribution in [-0.2, 0) is 9.53 Å². The fraction of sp³-hybridized carbons (Fsp3) is 0.909. The van der Waals surface area contributed by atoms with Gasteiger partial charge in [-0.1, -0.05) is 13.3 Å². The number of esters is 1. The van der Waals surface area contributed by atoms with Crippen LogP contribution in [0.4, 0.5) is 0 Å². The second kappa shape index (κ2) is 8.68. The third-order valence-electron chi connectivity index (χ3n) is 2.47. The summed E-state index contributed by atoms with van der Waals surface area (Å²) >= 11 is 0. The molecule has 2 atom stereocenters. The smallest absolute Gasteiger partial charge is 0.322 e. The number of carbonyl (C=O) groups excluding carboxylic acids is 1. The molecule has 0 aromatic rings. The topological polar surface area (TPSA) is 58.6 Å². The summed E-state index contributed by atoms with van der Waals surface area (Å²) in [4.78, 5) is 11.3. The molecule has 0 saturated heterocycles. The van der Waals surface area contributed by atoms with E-state index in [2.05, 4.69) is 12.2 Å². The molecule has 0 amide bonds. The van der Waals surface area contributed by atoms with Crippen molar-refractivity contribution in [2.75, 3.05) is 19.8 Å². The minimum atomic E-state index is -0.266. The lowest BCUT2D eigenvalue weighted by Gasteiger charge is -2.17. The van der Waals surface area contributed by atoms with Crippen LogP contribution < -0.4 is 5.32 Å². The van der Waals surface area contributed by atoms with E-state index >= 15 is 0 Å². The summed E-state index contributed by atoms with van der Waals surface area (Å²) in [5, 5.41) is 11.9. The van der Waals surface area contributed by atoms with Gasteiger partial charge in [0, 0.05) is 6.61 Å². The number of rotatable bonds is 8. The SMILES string of the molecule is CCOC(=O)C(C)NCC(CC)CCO. The number of carbonyl (C=O) groups is 1. The largest absolute Gasteiger partial charge is 0.465 e. The summed E-state index contributed by atoms with van der Waals surface area (Å²) in [6, 6.07) is -0.266. The van der Waals surface area contributed by atoms with Crippen molar-refractivity contribution in [1.82, 2.24) is 5.32 Å². The Morgan fingerprint density at radius 3 is 2.60 bits per heavy atom. The molecular weight excluding hydrogens is 194 g/mol. The van der Waals surface area contributed by atoms with Crippen LogP contribution in [0, 0.1) is 5.92 Å². The number of aliphatic hydroxyl groups is 1. The van der Waals surface area contributed by atoms with Crippen LogP contribution in [0.15, 0.2) is 0 Å². The molecule has 0 aliphatic heterocycles. The Kier molecular flexibility index (Phi) is 8.33. The second-order valence-corrected chi connectivity index (χ2v) is 3.67. The third-order valence-corrected chi connectivity index (χ3v) is 2.47. The number of nitrogens with one attached hydrogen (secondary N) is 1. The van der Waals surface area contributed by atoms with Gasteiger partial charge in [0.1, 0.15) is 6.04 Å². The molecule has 15 heavy (non-hydrogen) atoms. The third kappa shape index (κ3) is 6.47. The highest BCUT2D eigenvalue weighted by atomic mass is 16.5. The normalized spacial score (nSPS) is 14.7. The van der Waals surface area contributed by atoms with E-state index in [0.717, 1.165) is 19.4 Å². The van der Waals surface area contributed by atoms with Gasteiger partial charge >= 0.3 is 5.97 Å². The van der Waals surface area contributed by atoms with Gasteiger partial charge in [0.05, 0.1) is 6.61 Å². The zero-order valence-corrected chi connectivity index (χ0v) is 9.95. The molecule has 4 nitrogen and oxygen atoms in total. The highest BCUT2D eigenvalue weighted by Crippen LogP contribution is 2.06. The summed E-state index contributed by atoms with van der Waals surface area (Å²) < 4.78 is 4.88. The summed E-state index contributed by atoms with van der Waals surface area (Å²) in [6.45, 7) is 7.04. The minimum Gasteiger partial charge on any atom is -0.465 e. The van der Waals surface area contributed by atoms with E-state index in [1.807, 2.05) is 0 Å². The summed E-state index contributed by atoms with van der Waals surface area (Å²) in [7, 11) is 0. The quantitative estimate of drug-likeness (QED) is 0.594. The van der Waals surface area contributed by atoms with Gasteiger partial charge < -0.3 is 15.2 Å². The number of aliphatic hydroxyl groups excluding tert-OH is 1. The molecule has 0 aromatic heterocycles. The first-order valence-electron chi connectivity index (χ1n) is 5.66. The Bertz CT molecular complexity index is 173. The van der Waals surface area contributed by atoms with E-state index in [-0.39, 0.29) is 18.6 Å². The number of hydrogen-bond acceptors (Lipinski definition) is 4. The number of ether oxygens (including phenoxy) is 1. The van der Waals surface area contributed by atoms with Gasteiger partial charge in [-0.05, 0) is 32.7 Å². The Morgan fingerprint density at radius 2 is 2.13 bits per heavy atom. The van der Waals surface area contributed by atoms with E-state index in [9.17, 15) is 4.79 Å². The summed E-state index contributed by atoms with van der Waals surface area (Å²) in [6.07, 6.45) is 1.78. The first-order valence-corrected chi connectivity index (χ1v) is 5.66. The lowest BCUT2D eigenvalue weighted by atomic mass is 10.0. The molecule has 0 heterocycles. The first kappa shape index (κ1) is 14.4. The van der Waals surface area contributed by atoms with Crippen molar-refractivity contribution in [1.29, 1.82) is 0 Å². The van der Waals surface area contributed by atoms with Gasteiger partial charge in [-0.2, -0.15) is 0 Å². The van der Waals surface area contributed by atoms with Gasteiger partial charge in [0.15, 0.2) is 0 Å². The van der Waals surface area contributed by atoms with Crippen molar-refractivity contribution in [3.05, 3.63) is 0 Å². The maximum atomic E-state index is 11.3.